The van der Waals surface area contributed by atoms with Crippen LogP contribution < -0.4 is 10.1 Å². The topological polar surface area (TPSA) is 132 Å². The first-order chi connectivity index (χ1) is 26.2. The number of imide groups is 1. The summed E-state index contributed by atoms with van der Waals surface area (Å²) in [4.78, 5) is 71.0. The summed E-state index contributed by atoms with van der Waals surface area (Å²) in [6.45, 7) is 4.22. The molecule has 11 nitrogen and oxygen atoms in total. The van der Waals surface area contributed by atoms with E-state index in [1.165, 1.54) is 99.4 Å². The Balaban J connectivity index is 1.47. The number of amides is 4. The van der Waals surface area contributed by atoms with Gasteiger partial charge in [-0.2, -0.15) is 0 Å². The number of halogens is 1. The average Bonchev–Trinajstić information content (AvgIpc) is 3.40. The summed E-state index contributed by atoms with van der Waals surface area (Å²) >= 11 is 6.46. The first kappa shape index (κ1) is 42.0. The van der Waals surface area contributed by atoms with Crippen LogP contribution >= 0.6 is 11.6 Å². The highest BCUT2D eigenvalue weighted by Gasteiger charge is 2.53. The zero-order chi connectivity index (χ0) is 38.9. The third kappa shape index (κ3) is 11.6. The van der Waals surface area contributed by atoms with Gasteiger partial charge in [-0.05, 0) is 61.4 Å². The summed E-state index contributed by atoms with van der Waals surface area (Å²) in [7, 11) is 1.47. The van der Waals surface area contributed by atoms with E-state index in [1.54, 1.807) is 31.2 Å². The van der Waals surface area contributed by atoms with Gasteiger partial charge < -0.3 is 19.5 Å². The van der Waals surface area contributed by atoms with Crippen LogP contribution in [-0.2, 0) is 25.6 Å². The zero-order valence-electron chi connectivity index (χ0n) is 31.5. The number of ketones is 1. The lowest BCUT2D eigenvalue weighted by Gasteiger charge is -2.25. The maximum absolute atomic E-state index is 14.2. The smallest absolute Gasteiger partial charge is 0.338 e. The van der Waals surface area contributed by atoms with Crippen LogP contribution in [0, 0.1) is 0 Å². The summed E-state index contributed by atoms with van der Waals surface area (Å²) in [5.74, 6) is -2.84. The monoisotopic (exact) mass is 761 g/mol. The van der Waals surface area contributed by atoms with Crippen LogP contribution in [0.25, 0.3) is 0 Å². The second kappa shape index (κ2) is 21.8. The van der Waals surface area contributed by atoms with Gasteiger partial charge in [0.15, 0.2) is 11.8 Å². The number of hydrogen-bond acceptors (Lipinski definition) is 8. The van der Waals surface area contributed by atoms with Gasteiger partial charge in [0.05, 0.1) is 36.5 Å². The van der Waals surface area contributed by atoms with Gasteiger partial charge in [0.1, 0.15) is 5.75 Å². The highest BCUT2D eigenvalue weighted by atomic mass is 35.5. The largest absolute Gasteiger partial charge is 0.497 e. The number of Topliss-reactive ketones (excluding diaryl/α,β-unsaturated/α-hetero) is 1. The van der Waals surface area contributed by atoms with Crippen molar-refractivity contribution in [1.82, 2.24) is 9.80 Å². The molecule has 12 heteroatoms. The highest BCUT2D eigenvalue weighted by Crippen LogP contribution is 2.29. The SMILES string of the molecule is CCCCCCCCCCCCCOC(=O)c1ccc(Cl)c(NC(=O)C(C(=O)c2ccc(OC)cc2)N2C(=O)C(OCC)N(Cc3ccccc3)C2=O)c1. The molecule has 1 N–H and O–H groups in total. The first-order valence-corrected chi connectivity index (χ1v) is 19.3. The molecule has 3 aromatic carbocycles. The molecular formula is C42H52ClN3O8. The molecule has 0 spiro atoms. The van der Waals surface area contributed by atoms with E-state index in [1.807, 2.05) is 6.07 Å². The van der Waals surface area contributed by atoms with Crippen molar-refractivity contribution in [3.63, 3.8) is 0 Å². The molecule has 4 amide bonds. The Labute approximate surface area is 323 Å². The standard InChI is InChI=1S/C42H52ClN3O8/c1-4-6-7-8-9-10-11-12-13-14-18-27-54-41(50)32-23-26-34(43)35(28-32)44-38(48)36(37(47)31-21-24-33(52-3)25-22-31)46-39(49)40(53-5-2)45(42(46)51)29-30-19-16-15-17-20-30/h15-17,19-26,28,36,40H,4-14,18,27,29H2,1-3H3,(H,44,48). The number of rotatable bonds is 23. The van der Waals surface area contributed by atoms with Gasteiger partial charge in [0.25, 0.3) is 11.8 Å². The van der Waals surface area contributed by atoms with Crippen molar-refractivity contribution >= 4 is 46.9 Å². The van der Waals surface area contributed by atoms with Crippen LogP contribution in [0.1, 0.15) is 111 Å². The second-order valence-corrected chi connectivity index (χ2v) is 13.7. The van der Waals surface area contributed by atoms with Gasteiger partial charge in [0.2, 0.25) is 6.23 Å². The Morgan fingerprint density at radius 1 is 0.796 bits per heavy atom. The molecule has 1 saturated heterocycles. The Morgan fingerprint density at radius 2 is 1.41 bits per heavy atom. The van der Waals surface area contributed by atoms with Gasteiger partial charge in [-0.25, -0.2) is 14.5 Å². The molecule has 0 bridgehead atoms. The normalized spacial score (nSPS) is 14.6. The summed E-state index contributed by atoms with van der Waals surface area (Å²) < 4.78 is 16.4. The summed E-state index contributed by atoms with van der Waals surface area (Å²) in [6, 6.07) is 16.3. The molecule has 54 heavy (non-hydrogen) atoms. The molecule has 1 aliphatic rings. The van der Waals surface area contributed by atoms with Crippen molar-refractivity contribution in [1.29, 1.82) is 0 Å². The number of benzene rings is 3. The lowest BCUT2D eigenvalue weighted by Crippen LogP contribution is -2.52. The molecule has 1 fully saturated rings. The van der Waals surface area contributed by atoms with Crippen molar-refractivity contribution in [2.45, 2.75) is 103 Å². The van der Waals surface area contributed by atoms with Crippen molar-refractivity contribution in [3.8, 4) is 5.75 Å². The second-order valence-electron chi connectivity index (χ2n) is 13.3. The van der Waals surface area contributed by atoms with E-state index in [-0.39, 0.29) is 41.6 Å². The molecule has 0 aliphatic carbocycles. The number of unbranched alkanes of at least 4 members (excludes halogenated alkanes) is 10. The minimum Gasteiger partial charge on any atom is -0.497 e. The third-order valence-electron chi connectivity index (χ3n) is 9.27. The van der Waals surface area contributed by atoms with Gasteiger partial charge in [-0.15, -0.1) is 0 Å². The molecule has 4 rings (SSSR count). The van der Waals surface area contributed by atoms with Crippen molar-refractivity contribution in [2.75, 3.05) is 25.6 Å². The Morgan fingerprint density at radius 3 is 2.02 bits per heavy atom. The maximum atomic E-state index is 14.2. The fraction of sp³-hybridized carbons (Fsp3) is 0.452. The molecule has 290 valence electrons. The Hall–Kier alpha value is -4.74. The van der Waals surface area contributed by atoms with Crippen molar-refractivity contribution in [2.24, 2.45) is 0 Å². The number of hydrogen-bond donors (Lipinski definition) is 1. The fourth-order valence-corrected chi connectivity index (χ4v) is 6.47. The summed E-state index contributed by atoms with van der Waals surface area (Å²) in [5, 5.41) is 2.66. The van der Waals surface area contributed by atoms with E-state index in [0.717, 1.165) is 25.7 Å². The quantitative estimate of drug-likeness (QED) is 0.0334. The average molecular weight is 762 g/mol. The summed E-state index contributed by atoms with van der Waals surface area (Å²) in [6.07, 6.45) is 11.5. The van der Waals surface area contributed by atoms with Crippen LogP contribution in [-0.4, -0.2) is 72.0 Å². The number of esters is 1. The number of urea groups is 1. The number of nitrogens with one attached hydrogen (secondary N) is 1. The molecule has 0 radical (unpaired) electrons. The molecule has 0 aromatic heterocycles. The van der Waals surface area contributed by atoms with Crippen LogP contribution in [0.3, 0.4) is 0 Å². The van der Waals surface area contributed by atoms with Crippen LogP contribution in [0.4, 0.5) is 10.5 Å². The number of ether oxygens (including phenoxy) is 3. The van der Waals surface area contributed by atoms with E-state index in [9.17, 15) is 24.0 Å². The zero-order valence-corrected chi connectivity index (χ0v) is 32.3. The highest BCUT2D eigenvalue weighted by molar-refractivity contribution is 6.34. The van der Waals surface area contributed by atoms with E-state index in [0.29, 0.717) is 16.2 Å². The Kier molecular flexibility index (Phi) is 17.0. The lowest BCUT2D eigenvalue weighted by molar-refractivity contribution is -0.144. The molecule has 0 saturated carbocycles. The summed E-state index contributed by atoms with van der Waals surface area (Å²) in [5.41, 5.74) is 0.901. The predicted molar refractivity (Wildman–Crippen MR) is 208 cm³/mol. The number of methoxy groups -OCH3 is 1. The van der Waals surface area contributed by atoms with Crippen LogP contribution in [0.2, 0.25) is 5.02 Å². The molecule has 1 aliphatic heterocycles. The van der Waals surface area contributed by atoms with Gasteiger partial charge in [-0.3, -0.25) is 19.3 Å². The lowest BCUT2D eigenvalue weighted by atomic mass is 10.0. The van der Waals surface area contributed by atoms with Gasteiger partial charge >= 0.3 is 12.0 Å². The minimum atomic E-state index is -1.95. The number of nitrogens with zero attached hydrogens (tertiary/aromatic N) is 2. The molecular weight excluding hydrogens is 710 g/mol. The number of carbonyl (C=O) groups excluding carboxylic acids is 5. The van der Waals surface area contributed by atoms with Crippen LogP contribution in [0.5, 0.6) is 5.75 Å². The van der Waals surface area contributed by atoms with Crippen molar-refractivity contribution in [3.05, 3.63) is 94.5 Å². The minimum absolute atomic E-state index is 0.0000588. The van der Waals surface area contributed by atoms with E-state index >= 15 is 0 Å². The number of anilines is 1. The van der Waals surface area contributed by atoms with E-state index < -0.39 is 41.9 Å². The maximum Gasteiger partial charge on any atom is 0.338 e. The predicted octanol–water partition coefficient (Wildman–Crippen LogP) is 8.83. The van der Waals surface area contributed by atoms with E-state index in [4.69, 9.17) is 25.8 Å². The Bertz CT molecular complexity index is 1700. The first-order valence-electron chi connectivity index (χ1n) is 18.9. The van der Waals surface area contributed by atoms with Crippen molar-refractivity contribution < 1.29 is 38.2 Å². The number of carbonyl (C=O) groups is 5. The van der Waals surface area contributed by atoms with E-state index in [2.05, 4.69) is 12.2 Å². The molecule has 2 atom stereocenters. The van der Waals surface area contributed by atoms with Gasteiger partial charge in [-0.1, -0.05) is 113 Å². The third-order valence-corrected chi connectivity index (χ3v) is 9.60. The molecule has 2 unspecified atom stereocenters. The van der Waals surface area contributed by atoms with Gasteiger partial charge in [0, 0.05) is 12.2 Å². The molecule has 3 aromatic rings. The van der Waals surface area contributed by atoms with Crippen LogP contribution in [0.15, 0.2) is 72.8 Å². The molecule has 1 heterocycles. The fourth-order valence-electron chi connectivity index (χ4n) is 6.30.